The van der Waals surface area contributed by atoms with E-state index in [1.165, 1.54) is 31.1 Å². The average Bonchev–Trinajstić information content (AvgIpc) is 3.18. The molecule has 5 atom stereocenters. The third-order valence-corrected chi connectivity index (χ3v) is 6.63. The summed E-state index contributed by atoms with van der Waals surface area (Å²) in [5, 5.41) is 13.9. The summed E-state index contributed by atoms with van der Waals surface area (Å²) in [6, 6.07) is 8.36. The molecule has 3 fully saturated rings. The molecule has 2 nitrogen and oxygen atoms in total. The zero-order valence-electron chi connectivity index (χ0n) is 12.2. The van der Waals surface area contributed by atoms with E-state index in [0.717, 1.165) is 35.1 Å². The first-order chi connectivity index (χ1) is 10.3. The van der Waals surface area contributed by atoms with Crippen molar-refractivity contribution in [3.63, 3.8) is 0 Å². The molecule has 21 heavy (non-hydrogen) atoms. The van der Waals surface area contributed by atoms with Crippen molar-refractivity contribution >= 4 is 10.8 Å². The van der Waals surface area contributed by atoms with Crippen molar-refractivity contribution < 1.29 is 5.11 Å². The number of rotatable bonds is 1. The topological polar surface area (TPSA) is 33.1 Å². The van der Waals surface area contributed by atoms with Crippen LogP contribution in [0, 0.1) is 23.7 Å². The lowest BCUT2D eigenvalue weighted by Gasteiger charge is -2.39. The van der Waals surface area contributed by atoms with Crippen LogP contribution in [0.15, 0.2) is 36.7 Å². The molecule has 0 saturated heterocycles. The van der Waals surface area contributed by atoms with Gasteiger partial charge in [0.1, 0.15) is 0 Å². The minimum absolute atomic E-state index is 0.461. The van der Waals surface area contributed by atoms with Crippen LogP contribution in [0.25, 0.3) is 10.8 Å². The van der Waals surface area contributed by atoms with E-state index in [4.69, 9.17) is 0 Å². The number of hydrogen-bond donors (Lipinski definition) is 1. The summed E-state index contributed by atoms with van der Waals surface area (Å²) >= 11 is 0. The van der Waals surface area contributed by atoms with Crippen molar-refractivity contribution in [1.82, 2.24) is 4.98 Å². The predicted molar refractivity (Wildman–Crippen MR) is 82.7 cm³/mol. The van der Waals surface area contributed by atoms with Crippen LogP contribution >= 0.6 is 0 Å². The second kappa shape index (κ2) is 4.07. The highest BCUT2D eigenvalue weighted by molar-refractivity contribution is 5.85. The summed E-state index contributed by atoms with van der Waals surface area (Å²) in [6.45, 7) is 0. The summed E-state index contributed by atoms with van der Waals surface area (Å²) in [7, 11) is 0. The van der Waals surface area contributed by atoms with E-state index in [-0.39, 0.29) is 0 Å². The van der Waals surface area contributed by atoms with Crippen LogP contribution in [0.4, 0.5) is 0 Å². The molecule has 0 radical (unpaired) electrons. The Balaban J connectivity index is 1.66. The molecule has 3 aliphatic carbocycles. The molecule has 0 aliphatic heterocycles. The third kappa shape index (κ3) is 1.49. The minimum Gasteiger partial charge on any atom is -0.385 e. The predicted octanol–water partition coefficient (Wildman–Crippen LogP) is 3.88. The van der Waals surface area contributed by atoms with E-state index < -0.39 is 5.60 Å². The van der Waals surface area contributed by atoms with Crippen molar-refractivity contribution in [2.45, 2.75) is 37.7 Å². The Kier molecular flexibility index (Phi) is 2.36. The third-order valence-electron chi connectivity index (χ3n) is 6.63. The van der Waals surface area contributed by atoms with Crippen molar-refractivity contribution in [1.29, 1.82) is 0 Å². The first kappa shape index (κ1) is 12.2. The molecule has 5 rings (SSSR count). The highest BCUT2D eigenvalue weighted by atomic mass is 16.3. The van der Waals surface area contributed by atoms with Gasteiger partial charge in [-0.05, 0) is 54.7 Å². The summed E-state index contributed by atoms with van der Waals surface area (Å²) in [6.07, 6.45) is 10.1. The van der Waals surface area contributed by atoms with Crippen LogP contribution < -0.4 is 0 Å². The first-order valence-corrected chi connectivity index (χ1v) is 8.33. The second-order valence-electron chi connectivity index (χ2n) is 7.40. The normalized spacial score (nSPS) is 40.8. The quantitative estimate of drug-likeness (QED) is 0.859. The molecule has 3 aliphatic rings. The van der Waals surface area contributed by atoms with Crippen molar-refractivity contribution in [3.8, 4) is 0 Å². The van der Waals surface area contributed by atoms with Crippen LogP contribution in [0.1, 0.15) is 37.7 Å². The maximum atomic E-state index is 11.6. The fraction of sp³-hybridized carbons (Fsp3) is 0.526. The van der Waals surface area contributed by atoms with Gasteiger partial charge < -0.3 is 5.11 Å². The molecule has 108 valence electrons. The van der Waals surface area contributed by atoms with Crippen molar-refractivity contribution in [3.05, 3.63) is 42.2 Å². The molecule has 2 aromatic rings. The number of nitrogens with zero attached hydrogens (tertiary/aromatic N) is 1. The summed E-state index contributed by atoms with van der Waals surface area (Å²) in [4.78, 5) is 4.41. The van der Waals surface area contributed by atoms with Gasteiger partial charge in [-0.15, -0.1) is 0 Å². The fourth-order valence-corrected chi connectivity index (χ4v) is 5.88. The molecule has 1 aromatic carbocycles. The molecular formula is C19H21NO. The zero-order valence-corrected chi connectivity index (χ0v) is 12.2. The van der Waals surface area contributed by atoms with Crippen molar-refractivity contribution in [2.24, 2.45) is 23.7 Å². The van der Waals surface area contributed by atoms with E-state index in [2.05, 4.69) is 23.2 Å². The van der Waals surface area contributed by atoms with E-state index in [1.807, 2.05) is 18.5 Å². The fourth-order valence-electron chi connectivity index (χ4n) is 5.88. The molecule has 0 spiro atoms. The lowest BCUT2D eigenvalue weighted by Crippen LogP contribution is -2.39. The van der Waals surface area contributed by atoms with Crippen LogP contribution in [0.3, 0.4) is 0 Å². The number of aromatic nitrogens is 1. The highest BCUT2D eigenvalue weighted by Crippen LogP contribution is 2.65. The number of aliphatic hydroxyl groups is 1. The Morgan fingerprint density at radius 1 is 1.10 bits per heavy atom. The Morgan fingerprint density at radius 3 is 2.90 bits per heavy atom. The van der Waals surface area contributed by atoms with E-state index in [1.54, 1.807) is 0 Å². The number of fused-ring (bicyclic) bond motifs is 6. The largest absolute Gasteiger partial charge is 0.385 e. The molecule has 2 bridgehead atoms. The van der Waals surface area contributed by atoms with Gasteiger partial charge in [0, 0.05) is 23.3 Å². The van der Waals surface area contributed by atoms with Crippen LogP contribution in [0.5, 0.6) is 0 Å². The van der Waals surface area contributed by atoms with Crippen LogP contribution in [-0.4, -0.2) is 10.1 Å². The first-order valence-electron chi connectivity index (χ1n) is 8.33. The Bertz CT molecular complexity index is 706. The molecule has 1 aromatic heterocycles. The van der Waals surface area contributed by atoms with Gasteiger partial charge in [-0.1, -0.05) is 30.7 Å². The van der Waals surface area contributed by atoms with Gasteiger partial charge in [0.15, 0.2) is 0 Å². The molecule has 0 amide bonds. The van der Waals surface area contributed by atoms with Gasteiger partial charge in [-0.3, -0.25) is 4.98 Å². The SMILES string of the molecule is OC1(c2cncc3ccccc23)CC2CC1C1CCCC21. The van der Waals surface area contributed by atoms with Crippen LogP contribution in [0.2, 0.25) is 0 Å². The van der Waals surface area contributed by atoms with Crippen LogP contribution in [-0.2, 0) is 5.60 Å². The standard InChI is InChI=1S/C19H21NO/c21-19(9-13-8-17(19)16-7-3-6-14(13)16)18-11-20-10-12-4-1-2-5-15(12)18/h1-2,4-5,10-11,13-14,16-17,21H,3,6-9H2. The summed E-state index contributed by atoms with van der Waals surface area (Å²) in [5.41, 5.74) is 0.447. The minimum atomic E-state index is -0.635. The van der Waals surface area contributed by atoms with Gasteiger partial charge >= 0.3 is 0 Å². The highest BCUT2D eigenvalue weighted by Gasteiger charge is 2.61. The number of hydrogen-bond acceptors (Lipinski definition) is 2. The molecule has 5 unspecified atom stereocenters. The van der Waals surface area contributed by atoms with E-state index in [9.17, 15) is 5.11 Å². The Morgan fingerprint density at radius 2 is 1.95 bits per heavy atom. The van der Waals surface area contributed by atoms with Gasteiger partial charge in [0.05, 0.1) is 5.60 Å². The lowest BCUT2D eigenvalue weighted by molar-refractivity contribution is -0.0502. The van der Waals surface area contributed by atoms with Gasteiger partial charge in [-0.2, -0.15) is 0 Å². The summed E-state index contributed by atoms with van der Waals surface area (Å²) < 4.78 is 0. The molecule has 3 saturated carbocycles. The van der Waals surface area contributed by atoms with E-state index >= 15 is 0 Å². The van der Waals surface area contributed by atoms with Gasteiger partial charge in [0.2, 0.25) is 0 Å². The maximum absolute atomic E-state index is 11.6. The zero-order chi connectivity index (χ0) is 14.0. The Labute approximate surface area is 125 Å². The lowest BCUT2D eigenvalue weighted by atomic mass is 9.69. The van der Waals surface area contributed by atoms with Crippen molar-refractivity contribution in [2.75, 3.05) is 0 Å². The van der Waals surface area contributed by atoms with Gasteiger partial charge in [0.25, 0.3) is 0 Å². The maximum Gasteiger partial charge on any atom is 0.0950 e. The van der Waals surface area contributed by atoms with E-state index in [0.29, 0.717) is 5.92 Å². The average molecular weight is 279 g/mol. The molecule has 2 heteroatoms. The number of benzene rings is 1. The second-order valence-corrected chi connectivity index (χ2v) is 7.40. The molecular weight excluding hydrogens is 258 g/mol. The smallest absolute Gasteiger partial charge is 0.0950 e. The summed E-state index contributed by atoms with van der Waals surface area (Å²) in [5.74, 6) is 2.86. The molecule has 1 heterocycles. The monoisotopic (exact) mass is 279 g/mol. The number of pyridine rings is 1. The molecule has 1 N–H and O–H groups in total. The Hall–Kier alpha value is -1.41. The van der Waals surface area contributed by atoms with Gasteiger partial charge in [-0.25, -0.2) is 0 Å².